The van der Waals surface area contributed by atoms with Crippen LogP contribution in [-0.2, 0) is 4.74 Å². The van der Waals surface area contributed by atoms with E-state index in [-0.39, 0.29) is 0 Å². The number of rotatable bonds is 4. The summed E-state index contributed by atoms with van der Waals surface area (Å²) >= 11 is 1.58. The number of anilines is 1. The molecule has 4 rings (SSSR count). The highest BCUT2D eigenvalue weighted by atomic mass is 32.1. The molecule has 1 saturated carbocycles. The lowest BCUT2D eigenvalue weighted by molar-refractivity contribution is -0.0395. The molecule has 0 radical (unpaired) electrons. The third-order valence-corrected chi connectivity index (χ3v) is 5.96. The third-order valence-electron chi connectivity index (χ3n) is 5.22. The van der Waals surface area contributed by atoms with Gasteiger partial charge < -0.3 is 9.64 Å². The van der Waals surface area contributed by atoms with E-state index in [1.54, 1.807) is 16.8 Å². The molecule has 0 spiro atoms. The SMILES string of the molecule is c1nnc(-c2ccc(N3CCC(OC4CCCCC4)CC3)cc2)s1. The van der Waals surface area contributed by atoms with E-state index in [4.69, 9.17) is 4.74 Å². The zero-order valence-electron chi connectivity index (χ0n) is 14.1. The summed E-state index contributed by atoms with van der Waals surface area (Å²) in [6, 6.07) is 8.72. The molecular weight excluding hydrogens is 318 g/mol. The Morgan fingerprint density at radius 2 is 1.62 bits per heavy atom. The van der Waals surface area contributed by atoms with E-state index >= 15 is 0 Å². The fourth-order valence-electron chi connectivity index (χ4n) is 3.84. The summed E-state index contributed by atoms with van der Waals surface area (Å²) in [5.41, 5.74) is 4.23. The maximum absolute atomic E-state index is 6.34. The van der Waals surface area contributed by atoms with Crippen LogP contribution >= 0.6 is 11.3 Å². The molecule has 2 aromatic rings. The summed E-state index contributed by atoms with van der Waals surface area (Å²) in [5, 5.41) is 9.03. The van der Waals surface area contributed by atoms with Crippen LogP contribution < -0.4 is 4.90 Å². The zero-order valence-corrected chi connectivity index (χ0v) is 14.9. The van der Waals surface area contributed by atoms with Crippen LogP contribution in [0.25, 0.3) is 10.6 Å². The van der Waals surface area contributed by atoms with Gasteiger partial charge in [0.25, 0.3) is 0 Å². The van der Waals surface area contributed by atoms with Crippen LogP contribution in [0.5, 0.6) is 0 Å². The van der Waals surface area contributed by atoms with Crippen molar-refractivity contribution in [3.8, 4) is 10.6 Å². The van der Waals surface area contributed by atoms with Gasteiger partial charge in [0.15, 0.2) is 0 Å². The molecule has 1 aromatic carbocycles. The summed E-state index contributed by atoms with van der Waals surface area (Å²) in [7, 11) is 0. The molecule has 2 fully saturated rings. The molecule has 1 saturated heterocycles. The summed E-state index contributed by atoms with van der Waals surface area (Å²) in [4.78, 5) is 2.48. The van der Waals surface area contributed by atoms with Crippen molar-refractivity contribution in [2.75, 3.05) is 18.0 Å². The minimum atomic E-state index is 0.463. The molecule has 0 N–H and O–H groups in total. The molecule has 2 aliphatic rings. The maximum atomic E-state index is 6.34. The topological polar surface area (TPSA) is 38.2 Å². The Bertz CT molecular complexity index is 615. The molecule has 1 aliphatic carbocycles. The van der Waals surface area contributed by atoms with E-state index in [1.807, 2.05) is 0 Å². The number of ether oxygens (including phenoxy) is 1. The van der Waals surface area contributed by atoms with E-state index in [0.717, 1.165) is 36.5 Å². The molecule has 24 heavy (non-hydrogen) atoms. The van der Waals surface area contributed by atoms with Gasteiger partial charge in [-0.3, -0.25) is 0 Å². The highest BCUT2D eigenvalue weighted by Gasteiger charge is 2.24. The van der Waals surface area contributed by atoms with Gasteiger partial charge in [-0.25, -0.2) is 0 Å². The lowest BCUT2D eigenvalue weighted by Gasteiger charge is -2.36. The van der Waals surface area contributed by atoms with E-state index in [2.05, 4.69) is 39.4 Å². The zero-order chi connectivity index (χ0) is 16.2. The highest BCUT2D eigenvalue weighted by Crippen LogP contribution is 2.28. The van der Waals surface area contributed by atoms with Crippen LogP contribution in [0.3, 0.4) is 0 Å². The summed E-state index contributed by atoms with van der Waals surface area (Å²) in [5.74, 6) is 0. The Balaban J connectivity index is 1.30. The Hall–Kier alpha value is -1.46. The smallest absolute Gasteiger partial charge is 0.147 e. The van der Waals surface area contributed by atoms with Crippen molar-refractivity contribution in [3.05, 3.63) is 29.8 Å². The Morgan fingerprint density at radius 1 is 0.917 bits per heavy atom. The molecule has 1 aromatic heterocycles. The molecule has 1 aliphatic heterocycles. The van der Waals surface area contributed by atoms with E-state index in [9.17, 15) is 0 Å². The van der Waals surface area contributed by atoms with E-state index in [0.29, 0.717) is 12.2 Å². The highest BCUT2D eigenvalue weighted by molar-refractivity contribution is 7.12. The number of aromatic nitrogens is 2. The van der Waals surface area contributed by atoms with Crippen LogP contribution in [0.2, 0.25) is 0 Å². The van der Waals surface area contributed by atoms with Gasteiger partial charge in [-0.15, -0.1) is 10.2 Å². The van der Waals surface area contributed by atoms with Gasteiger partial charge in [-0.2, -0.15) is 0 Å². The van der Waals surface area contributed by atoms with Gasteiger partial charge in [0.1, 0.15) is 10.5 Å². The standard InChI is InChI=1S/C19H25N3OS/c1-2-4-17(5-3-1)23-18-10-12-22(13-11-18)16-8-6-15(7-9-16)19-21-20-14-24-19/h6-9,14,17-18H,1-5,10-13H2. The predicted molar refractivity (Wildman–Crippen MR) is 98.5 cm³/mol. The number of hydrogen-bond acceptors (Lipinski definition) is 5. The number of nitrogens with zero attached hydrogens (tertiary/aromatic N) is 3. The van der Waals surface area contributed by atoms with E-state index < -0.39 is 0 Å². The Labute approximate surface area is 147 Å². The molecular formula is C19H25N3OS. The number of benzene rings is 1. The lowest BCUT2D eigenvalue weighted by atomic mass is 9.97. The predicted octanol–water partition coefficient (Wildman–Crippen LogP) is 4.52. The minimum absolute atomic E-state index is 0.463. The summed E-state index contributed by atoms with van der Waals surface area (Å²) < 4.78 is 6.34. The Morgan fingerprint density at radius 3 is 2.29 bits per heavy atom. The van der Waals surface area contributed by atoms with Crippen molar-refractivity contribution in [3.63, 3.8) is 0 Å². The van der Waals surface area contributed by atoms with Gasteiger partial charge in [0.2, 0.25) is 0 Å². The largest absolute Gasteiger partial charge is 0.375 e. The molecule has 0 atom stereocenters. The third kappa shape index (κ3) is 3.78. The average Bonchev–Trinajstić information content (AvgIpc) is 3.18. The van der Waals surface area contributed by atoms with Crippen molar-refractivity contribution in [1.82, 2.24) is 10.2 Å². The Kier molecular flexibility index (Phi) is 5.09. The molecule has 0 bridgehead atoms. The van der Waals surface area contributed by atoms with Crippen LogP contribution in [0.15, 0.2) is 29.8 Å². The molecule has 128 valence electrons. The van der Waals surface area contributed by atoms with Crippen molar-refractivity contribution in [1.29, 1.82) is 0 Å². The van der Waals surface area contributed by atoms with Crippen molar-refractivity contribution in [2.24, 2.45) is 0 Å². The van der Waals surface area contributed by atoms with Crippen molar-refractivity contribution < 1.29 is 4.74 Å². The molecule has 2 heterocycles. The first-order valence-electron chi connectivity index (χ1n) is 9.15. The fraction of sp³-hybridized carbons (Fsp3) is 0.579. The minimum Gasteiger partial charge on any atom is -0.375 e. The van der Waals surface area contributed by atoms with E-state index in [1.165, 1.54) is 37.8 Å². The normalized spacial score (nSPS) is 20.4. The van der Waals surface area contributed by atoms with Crippen LogP contribution in [0.4, 0.5) is 5.69 Å². The van der Waals surface area contributed by atoms with Crippen LogP contribution in [0, 0.1) is 0 Å². The monoisotopic (exact) mass is 343 g/mol. The molecule has 5 heteroatoms. The second-order valence-electron chi connectivity index (χ2n) is 6.87. The van der Waals surface area contributed by atoms with Gasteiger partial charge >= 0.3 is 0 Å². The second kappa shape index (κ2) is 7.62. The lowest BCUT2D eigenvalue weighted by Crippen LogP contribution is -2.38. The number of piperidine rings is 1. The summed E-state index contributed by atoms with van der Waals surface area (Å²) in [6.45, 7) is 2.19. The van der Waals surface area contributed by atoms with Crippen LogP contribution in [0.1, 0.15) is 44.9 Å². The van der Waals surface area contributed by atoms with Crippen LogP contribution in [-0.4, -0.2) is 35.5 Å². The summed E-state index contributed by atoms with van der Waals surface area (Å²) in [6.07, 6.45) is 9.93. The molecule has 0 amide bonds. The van der Waals surface area contributed by atoms with Gasteiger partial charge in [0.05, 0.1) is 12.2 Å². The first kappa shape index (κ1) is 16.0. The van der Waals surface area contributed by atoms with Crippen molar-refractivity contribution in [2.45, 2.75) is 57.2 Å². The van der Waals surface area contributed by atoms with Gasteiger partial charge in [0, 0.05) is 24.3 Å². The van der Waals surface area contributed by atoms with Gasteiger partial charge in [-0.05, 0) is 49.9 Å². The quantitative estimate of drug-likeness (QED) is 0.818. The fourth-order valence-corrected chi connectivity index (χ4v) is 4.40. The second-order valence-corrected chi connectivity index (χ2v) is 7.71. The van der Waals surface area contributed by atoms with Crippen molar-refractivity contribution >= 4 is 17.0 Å². The average molecular weight is 343 g/mol. The van der Waals surface area contributed by atoms with Gasteiger partial charge in [-0.1, -0.05) is 30.6 Å². The first-order chi connectivity index (χ1) is 11.9. The molecule has 4 nitrogen and oxygen atoms in total. The first-order valence-corrected chi connectivity index (χ1v) is 10.0. The molecule has 0 unspecified atom stereocenters. The maximum Gasteiger partial charge on any atom is 0.147 e. The number of hydrogen-bond donors (Lipinski definition) is 0.